The van der Waals surface area contributed by atoms with Crippen LogP contribution < -0.4 is 5.32 Å². The quantitative estimate of drug-likeness (QED) is 0.800. The molecule has 3 nitrogen and oxygen atoms in total. The monoisotopic (exact) mass is 262 g/mol. The van der Waals surface area contributed by atoms with Crippen LogP contribution in [0, 0.1) is 0 Å². The van der Waals surface area contributed by atoms with Crippen molar-refractivity contribution in [1.29, 1.82) is 0 Å². The molecule has 0 spiro atoms. The molecule has 1 heterocycles. The van der Waals surface area contributed by atoms with Gasteiger partial charge >= 0.3 is 6.18 Å². The van der Waals surface area contributed by atoms with Crippen molar-refractivity contribution in [2.45, 2.75) is 32.0 Å². The van der Waals surface area contributed by atoms with E-state index < -0.39 is 17.3 Å². The summed E-state index contributed by atoms with van der Waals surface area (Å²) in [5.41, 5.74) is -2.66. The Bertz CT molecular complexity index is 391. The maximum Gasteiger partial charge on any atom is 0.416 e. The van der Waals surface area contributed by atoms with Gasteiger partial charge in [0.2, 0.25) is 0 Å². The molecule has 1 aromatic rings. The smallest absolute Gasteiger partial charge is 0.384 e. The summed E-state index contributed by atoms with van der Waals surface area (Å²) < 4.78 is 38.4. The summed E-state index contributed by atoms with van der Waals surface area (Å²) in [5, 5.41) is 13.1. The number of pyridine rings is 1. The predicted octanol–water partition coefficient (Wildman–Crippen LogP) is 2.31. The Kier molecular flexibility index (Phi) is 4.70. The minimum atomic E-state index is -4.49. The minimum absolute atomic E-state index is 0.0512. The number of hydrogen-bond acceptors (Lipinski definition) is 3. The molecule has 0 fully saturated rings. The van der Waals surface area contributed by atoms with Crippen LogP contribution in [0.25, 0.3) is 0 Å². The van der Waals surface area contributed by atoms with Gasteiger partial charge < -0.3 is 10.4 Å². The lowest BCUT2D eigenvalue weighted by Crippen LogP contribution is -2.37. The molecular formula is C12H17F3N2O. The summed E-state index contributed by atoms with van der Waals surface area (Å²) in [6.07, 6.45) is -1.51. The molecule has 0 aliphatic rings. The Hall–Kier alpha value is -1.14. The third-order valence-corrected chi connectivity index (χ3v) is 2.60. The van der Waals surface area contributed by atoms with Crippen LogP contribution in [0.1, 0.15) is 31.4 Å². The highest BCUT2D eigenvalue weighted by Crippen LogP contribution is 2.35. The molecule has 2 N–H and O–H groups in total. The summed E-state index contributed by atoms with van der Waals surface area (Å²) in [4.78, 5) is 3.67. The largest absolute Gasteiger partial charge is 0.416 e. The van der Waals surface area contributed by atoms with Gasteiger partial charge in [0, 0.05) is 24.5 Å². The SMILES string of the molecule is CCCNCC(C)(O)c1cnccc1C(F)(F)F. The van der Waals surface area contributed by atoms with Crippen LogP contribution in [-0.2, 0) is 11.8 Å². The zero-order valence-electron chi connectivity index (χ0n) is 10.4. The van der Waals surface area contributed by atoms with Gasteiger partial charge in [0.15, 0.2) is 0 Å². The molecule has 0 amide bonds. The van der Waals surface area contributed by atoms with Gasteiger partial charge in [0.1, 0.15) is 5.60 Å². The Morgan fingerprint density at radius 3 is 2.56 bits per heavy atom. The third kappa shape index (κ3) is 3.68. The molecule has 0 aliphatic heterocycles. The minimum Gasteiger partial charge on any atom is -0.384 e. The fourth-order valence-corrected chi connectivity index (χ4v) is 1.67. The summed E-state index contributed by atoms with van der Waals surface area (Å²) in [6.45, 7) is 3.97. The van der Waals surface area contributed by atoms with Crippen molar-refractivity contribution < 1.29 is 18.3 Å². The summed E-state index contributed by atoms with van der Waals surface area (Å²) in [6, 6.07) is 0.879. The number of nitrogens with zero attached hydrogens (tertiary/aromatic N) is 1. The van der Waals surface area contributed by atoms with Gasteiger partial charge in [-0.1, -0.05) is 6.92 Å². The molecular weight excluding hydrogens is 245 g/mol. The van der Waals surface area contributed by atoms with Gasteiger partial charge in [-0.15, -0.1) is 0 Å². The number of alkyl halides is 3. The van der Waals surface area contributed by atoms with Crippen molar-refractivity contribution in [3.05, 3.63) is 29.6 Å². The standard InChI is InChI=1S/C12H17F3N2O/c1-3-5-17-8-11(2,18)10-7-16-6-4-9(10)12(13,14)15/h4,6-7,17-18H,3,5,8H2,1-2H3. The van der Waals surface area contributed by atoms with E-state index in [1.807, 2.05) is 6.92 Å². The average molecular weight is 262 g/mol. The van der Waals surface area contributed by atoms with E-state index in [4.69, 9.17) is 0 Å². The highest BCUT2D eigenvalue weighted by atomic mass is 19.4. The van der Waals surface area contributed by atoms with Crippen LogP contribution in [-0.4, -0.2) is 23.2 Å². The third-order valence-electron chi connectivity index (χ3n) is 2.60. The van der Waals surface area contributed by atoms with E-state index in [0.717, 1.165) is 24.9 Å². The molecule has 18 heavy (non-hydrogen) atoms. The Labute approximate surface area is 104 Å². The van der Waals surface area contributed by atoms with E-state index >= 15 is 0 Å². The number of aromatic nitrogens is 1. The van der Waals surface area contributed by atoms with Gasteiger partial charge in [0.25, 0.3) is 0 Å². The first kappa shape index (κ1) is 14.9. The zero-order chi connectivity index (χ0) is 13.8. The van der Waals surface area contributed by atoms with E-state index in [0.29, 0.717) is 6.54 Å². The lowest BCUT2D eigenvalue weighted by Gasteiger charge is -2.27. The Morgan fingerprint density at radius 1 is 1.33 bits per heavy atom. The average Bonchev–Trinajstić information content (AvgIpc) is 2.28. The Morgan fingerprint density at radius 2 is 2.00 bits per heavy atom. The maximum absolute atomic E-state index is 12.8. The normalized spacial score (nSPS) is 15.4. The van der Waals surface area contributed by atoms with Crippen molar-refractivity contribution in [1.82, 2.24) is 10.3 Å². The van der Waals surface area contributed by atoms with Crippen LogP contribution in [0.15, 0.2) is 18.5 Å². The highest BCUT2D eigenvalue weighted by molar-refractivity contribution is 5.31. The van der Waals surface area contributed by atoms with Crippen LogP contribution in [0.2, 0.25) is 0 Å². The van der Waals surface area contributed by atoms with E-state index in [-0.39, 0.29) is 12.1 Å². The molecule has 1 unspecified atom stereocenters. The number of aliphatic hydroxyl groups is 1. The molecule has 0 saturated carbocycles. The first-order valence-electron chi connectivity index (χ1n) is 5.74. The lowest BCUT2D eigenvalue weighted by molar-refractivity contribution is -0.140. The topological polar surface area (TPSA) is 45.1 Å². The van der Waals surface area contributed by atoms with Crippen molar-refractivity contribution in [3.8, 4) is 0 Å². The van der Waals surface area contributed by atoms with Gasteiger partial charge in [-0.05, 0) is 26.0 Å². The molecule has 0 radical (unpaired) electrons. The van der Waals surface area contributed by atoms with Crippen LogP contribution in [0.5, 0.6) is 0 Å². The number of nitrogens with one attached hydrogen (secondary N) is 1. The van der Waals surface area contributed by atoms with E-state index in [9.17, 15) is 18.3 Å². The van der Waals surface area contributed by atoms with Crippen molar-refractivity contribution in [3.63, 3.8) is 0 Å². The maximum atomic E-state index is 12.8. The van der Waals surface area contributed by atoms with E-state index in [2.05, 4.69) is 10.3 Å². The van der Waals surface area contributed by atoms with Crippen LogP contribution >= 0.6 is 0 Å². The second kappa shape index (κ2) is 5.67. The number of rotatable bonds is 5. The summed E-state index contributed by atoms with van der Waals surface area (Å²) in [7, 11) is 0. The molecule has 6 heteroatoms. The van der Waals surface area contributed by atoms with Crippen molar-refractivity contribution in [2.75, 3.05) is 13.1 Å². The molecule has 0 saturated heterocycles. The molecule has 1 atom stereocenters. The zero-order valence-corrected chi connectivity index (χ0v) is 10.4. The molecule has 1 rings (SSSR count). The molecule has 102 valence electrons. The van der Waals surface area contributed by atoms with Gasteiger partial charge in [-0.2, -0.15) is 13.2 Å². The second-order valence-electron chi connectivity index (χ2n) is 4.37. The van der Waals surface area contributed by atoms with E-state index in [1.165, 1.54) is 6.92 Å². The van der Waals surface area contributed by atoms with Gasteiger partial charge in [-0.25, -0.2) is 0 Å². The van der Waals surface area contributed by atoms with Crippen LogP contribution in [0.4, 0.5) is 13.2 Å². The van der Waals surface area contributed by atoms with Crippen molar-refractivity contribution >= 4 is 0 Å². The van der Waals surface area contributed by atoms with Gasteiger partial charge in [0.05, 0.1) is 5.56 Å². The molecule has 0 aliphatic carbocycles. The lowest BCUT2D eigenvalue weighted by atomic mass is 9.93. The molecule has 0 aromatic carbocycles. The molecule has 1 aromatic heterocycles. The summed E-state index contributed by atoms with van der Waals surface area (Å²) >= 11 is 0. The van der Waals surface area contributed by atoms with E-state index in [1.54, 1.807) is 0 Å². The second-order valence-corrected chi connectivity index (χ2v) is 4.37. The van der Waals surface area contributed by atoms with Crippen LogP contribution in [0.3, 0.4) is 0 Å². The highest BCUT2D eigenvalue weighted by Gasteiger charge is 2.38. The first-order valence-corrected chi connectivity index (χ1v) is 5.74. The number of halogens is 3. The van der Waals surface area contributed by atoms with Gasteiger partial charge in [-0.3, -0.25) is 4.98 Å². The van der Waals surface area contributed by atoms with Crippen molar-refractivity contribution in [2.24, 2.45) is 0 Å². The fourth-order valence-electron chi connectivity index (χ4n) is 1.67. The first-order chi connectivity index (χ1) is 8.29. The number of hydrogen-bond donors (Lipinski definition) is 2. The summed E-state index contributed by atoms with van der Waals surface area (Å²) in [5.74, 6) is 0. The predicted molar refractivity (Wildman–Crippen MR) is 62.0 cm³/mol. The molecule has 0 bridgehead atoms. The fraction of sp³-hybridized carbons (Fsp3) is 0.583. The Balaban J connectivity index is 3.00.